The van der Waals surface area contributed by atoms with Gasteiger partial charge in [0.05, 0.1) is 23.7 Å². The van der Waals surface area contributed by atoms with Crippen LogP contribution in [0.25, 0.3) is 0 Å². The Kier molecular flexibility index (Phi) is 8.48. The molecule has 1 atom stereocenters. The molecule has 2 amide bonds. The molecule has 37 heavy (non-hydrogen) atoms. The molecule has 0 fully saturated rings. The number of para-hydroxylation sites is 2. The number of benzene rings is 3. The summed E-state index contributed by atoms with van der Waals surface area (Å²) in [5, 5.41) is 3.29. The predicted octanol–water partition coefficient (Wildman–Crippen LogP) is 3.50. The van der Waals surface area contributed by atoms with Gasteiger partial charge in [0.15, 0.2) is 6.10 Å². The molecular formula is C27H28ClN3O5S. The van der Waals surface area contributed by atoms with Crippen molar-refractivity contribution in [3.05, 3.63) is 89.4 Å². The number of hydrogen-bond acceptors (Lipinski definition) is 5. The molecular weight excluding hydrogens is 514 g/mol. The van der Waals surface area contributed by atoms with Gasteiger partial charge in [0.2, 0.25) is 15.9 Å². The summed E-state index contributed by atoms with van der Waals surface area (Å²) in [6, 6.07) is 22.5. The number of ether oxygens (including phenoxy) is 1. The maximum atomic E-state index is 13.4. The van der Waals surface area contributed by atoms with Crippen molar-refractivity contribution in [2.75, 3.05) is 31.1 Å². The Morgan fingerprint density at radius 1 is 1.03 bits per heavy atom. The van der Waals surface area contributed by atoms with Crippen LogP contribution in [0.2, 0.25) is 5.02 Å². The third kappa shape index (κ3) is 6.30. The minimum atomic E-state index is -3.93. The highest BCUT2D eigenvalue weighted by Crippen LogP contribution is 2.33. The summed E-state index contributed by atoms with van der Waals surface area (Å²) in [6.07, 6.45) is -0.274. The topological polar surface area (TPSA) is 96.0 Å². The second-order valence-corrected chi connectivity index (χ2v) is 10.9. The maximum absolute atomic E-state index is 13.4. The average Bonchev–Trinajstić information content (AvgIpc) is 2.91. The Morgan fingerprint density at radius 3 is 2.41 bits per heavy atom. The molecule has 10 heteroatoms. The number of nitrogens with zero attached hydrogens (tertiary/aromatic N) is 2. The number of hydrogen-bond donors (Lipinski definition) is 1. The van der Waals surface area contributed by atoms with Crippen molar-refractivity contribution < 1.29 is 22.7 Å². The van der Waals surface area contributed by atoms with Crippen LogP contribution in [0.15, 0.2) is 83.8 Å². The minimum absolute atomic E-state index is 0.0361. The molecule has 0 saturated carbocycles. The van der Waals surface area contributed by atoms with Crippen molar-refractivity contribution in [3.63, 3.8) is 0 Å². The van der Waals surface area contributed by atoms with Crippen LogP contribution in [-0.4, -0.2) is 56.8 Å². The number of carbonyl (C=O) groups is 2. The Labute approximate surface area is 221 Å². The largest absolute Gasteiger partial charge is 0.477 e. The van der Waals surface area contributed by atoms with Crippen molar-refractivity contribution in [1.82, 2.24) is 9.62 Å². The number of amides is 2. The van der Waals surface area contributed by atoms with Crippen molar-refractivity contribution in [1.29, 1.82) is 0 Å². The first-order chi connectivity index (χ1) is 17.8. The highest BCUT2D eigenvalue weighted by atomic mass is 35.5. The van der Waals surface area contributed by atoms with E-state index in [1.54, 1.807) is 31.2 Å². The van der Waals surface area contributed by atoms with Gasteiger partial charge < -0.3 is 15.0 Å². The van der Waals surface area contributed by atoms with Crippen molar-refractivity contribution in [2.45, 2.75) is 24.3 Å². The molecule has 3 aromatic rings. The van der Waals surface area contributed by atoms with Crippen molar-refractivity contribution >= 4 is 39.1 Å². The van der Waals surface area contributed by atoms with Gasteiger partial charge in [-0.2, -0.15) is 4.31 Å². The van der Waals surface area contributed by atoms with E-state index >= 15 is 0 Å². The van der Waals surface area contributed by atoms with Crippen LogP contribution in [0.3, 0.4) is 0 Å². The van der Waals surface area contributed by atoms with E-state index in [1.165, 1.54) is 29.2 Å². The number of fused-ring (bicyclic) bond motifs is 1. The molecule has 1 heterocycles. The Balaban J connectivity index is 1.48. The molecule has 0 bridgehead atoms. The number of rotatable bonds is 9. The minimum Gasteiger partial charge on any atom is -0.477 e. The first kappa shape index (κ1) is 26.7. The van der Waals surface area contributed by atoms with Gasteiger partial charge in [0.25, 0.3) is 5.91 Å². The van der Waals surface area contributed by atoms with E-state index in [2.05, 4.69) is 5.32 Å². The lowest BCUT2D eigenvalue weighted by atomic mass is 10.1. The summed E-state index contributed by atoms with van der Waals surface area (Å²) in [5.74, 6) is -0.421. The molecule has 0 spiro atoms. The quantitative estimate of drug-likeness (QED) is 0.447. The molecule has 1 N–H and O–H groups in total. The highest BCUT2D eigenvalue weighted by molar-refractivity contribution is 7.89. The normalized spacial score (nSPS) is 15.1. The summed E-state index contributed by atoms with van der Waals surface area (Å²) in [7, 11) is -3.93. The molecule has 0 saturated heterocycles. The fourth-order valence-electron chi connectivity index (χ4n) is 4.05. The SMILES string of the molecule is CCN(CC(=O)N1CC(C(=O)NCCc2ccccc2)Oc2ccccc21)S(=O)(=O)c1ccc(Cl)cc1. The zero-order valence-electron chi connectivity index (χ0n) is 20.3. The van der Waals surface area contributed by atoms with Gasteiger partial charge in [-0.05, 0) is 48.4 Å². The van der Waals surface area contributed by atoms with Gasteiger partial charge in [-0.1, -0.05) is 61.0 Å². The Hall–Kier alpha value is -3.40. The number of anilines is 1. The van der Waals surface area contributed by atoms with E-state index < -0.39 is 28.6 Å². The summed E-state index contributed by atoms with van der Waals surface area (Å²) >= 11 is 5.90. The molecule has 3 aromatic carbocycles. The van der Waals surface area contributed by atoms with Gasteiger partial charge in [-0.15, -0.1) is 0 Å². The monoisotopic (exact) mass is 541 g/mol. The standard InChI is InChI=1S/C27H28ClN3O5S/c1-2-30(37(34,35)22-14-12-21(28)13-15-22)19-26(32)31-18-25(36-24-11-7-6-10-23(24)31)27(33)29-17-16-20-8-4-3-5-9-20/h3-15,25H,2,16-19H2,1H3,(H,29,33). The molecule has 8 nitrogen and oxygen atoms in total. The van der Waals surface area contributed by atoms with Gasteiger partial charge in [0, 0.05) is 18.1 Å². The highest BCUT2D eigenvalue weighted by Gasteiger charge is 2.35. The molecule has 194 valence electrons. The van der Waals surface area contributed by atoms with Crippen LogP contribution in [0, 0.1) is 0 Å². The fraction of sp³-hybridized carbons (Fsp3) is 0.259. The zero-order chi connectivity index (χ0) is 26.4. The molecule has 1 aliphatic heterocycles. The lowest BCUT2D eigenvalue weighted by molar-refractivity contribution is -0.128. The fourth-order valence-corrected chi connectivity index (χ4v) is 5.58. The van der Waals surface area contributed by atoms with Crippen LogP contribution >= 0.6 is 11.6 Å². The maximum Gasteiger partial charge on any atom is 0.262 e. The summed E-state index contributed by atoms with van der Waals surface area (Å²) < 4.78 is 33.3. The lowest BCUT2D eigenvalue weighted by Gasteiger charge is -2.35. The molecule has 0 aromatic heterocycles. The van der Waals surface area contributed by atoms with Crippen LogP contribution < -0.4 is 15.0 Å². The van der Waals surface area contributed by atoms with Crippen LogP contribution in [0.5, 0.6) is 5.75 Å². The molecule has 0 aliphatic carbocycles. The van der Waals surface area contributed by atoms with Crippen LogP contribution in [-0.2, 0) is 26.0 Å². The smallest absolute Gasteiger partial charge is 0.262 e. The van der Waals surface area contributed by atoms with E-state index in [1.807, 2.05) is 30.3 Å². The number of carbonyl (C=O) groups excluding carboxylic acids is 2. The van der Waals surface area contributed by atoms with Crippen LogP contribution in [0.1, 0.15) is 12.5 Å². The molecule has 4 rings (SSSR count). The number of halogens is 1. The third-order valence-corrected chi connectivity index (χ3v) is 8.23. The average molecular weight is 542 g/mol. The van der Waals surface area contributed by atoms with E-state index in [-0.39, 0.29) is 23.9 Å². The Morgan fingerprint density at radius 2 is 1.70 bits per heavy atom. The number of sulfonamides is 1. The van der Waals surface area contributed by atoms with Gasteiger partial charge in [0.1, 0.15) is 5.75 Å². The number of nitrogens with one attached hydrogen (secondary N) is 1. The molecule has 0 radical (unpaired) electrons. The third-order valence-electron chi connectivity index (χ3n) is 6.04. The van der Waals surface area contributed by atoms with E-state index in [0.29, 0.717) is 29.4 Å². The van der Waals surface area contributed by atoms with Crippen LogP contribution in [0.4, 0.5) is 5.69 Å². The van der Waals surface area contributed by atoms with Gasteiger partial charge >= 0.3 is 0 Å². The van der Waals surface area contributed by atoms with Gasteiger partial charge in [-0.25, -0.2) is 8.42 Å². The second-order valence-electron chi connectivity index (χ2n) is 8.49. The van der Waals surface area contributed by atoms with E-state index in [4.69, 9.17) is 16.3 Å². The summed E-state index contributed by atoms with van der Waals surface area (Å²) in [6.45, 7) is 1.74. The van der Waals surface area contributed by atoms with E-state index in [9.17, 15) is 18.0 Å². The first-order valence-electron chi connectivity index (χ1n) is 11.9. The summed E-state index contributed by atoms with van der Waals surface area (Å²) in [5.41, 5.74) is 1.58. The van der Waals surface area contributed by atoms with Gasteiger partial charge in [-0.3, -0.25) is 9.59 Å². The summed E-state index contributed by atoms with van der Waals surface area (Å²) in [4.78, 5) is 27.8. The predicted molar refractivity (Wildman–Crippen MR) is 142 cm³/mol. The lowest BCUT2D eigenvalue weighted by Crippen LogP contribution is -2.53. The van der Waals surface area contributed by atoms with E-state index in [0.717, 1.165) is 9.87 Å². The van der Waals surface area contributed by atoms with Crippen molar-refractivity contribution in [2.24, 2.45) is 0 Å². The molecule has 1 aliphatic rings. The van der Waals surface area contributed by atoms with Crippen molar-refractivity contribution in [3.8, 4) is 5.75 Å². The Bertz CT molecular complexity index is 1350. The second kappa shape index (κ2) is 11.8. The molecule has 1 unspecified atom stereocenters. The zero-order valence-corrected chi connectivity index (χ0v) is 21.9. The first-order valence-corrected chi connectivity index (χ1v) is 13.7. The number of likely N-dealkylation sites (N-methyl/N-ethyl adjacent to an activating group) is 1.